The number of benzene rings is 2. The van der Waals surface area contributed by atoms with Crippen molar-refractivity contribution in [2.24, 2.45) is 7.05 Å². The fourth-order valence-electron chi connectivity index (χ4n) is 3.32. The first kappa shape index (κ1) is 19.4. The molecule has 1 amide bonds. The number of phenolic OH excluding ortho intramolecular Hbond substituents is 1. The molecule has 0 saturated heterocycles. The number of nitrogens with zero attached hydrogens (tertiary/aromatic N) is 3. The molecular weight excluding hydrogens is 380 g/mol. The number of aromatic hydroxyl groups is 1. The summed E-state index contributed by atoms with van der Waals surface area (Å²) in [6.45, 7) is 0.575. The van der Waals surface area contributed by atoms with Crippen LogP contribution in [0.1, 0.15) is 28.5 Å². The zero-order chi connectivity index (χ0) is 20.9. The third-order valence-corrected chi connectivity index (χ3v) is 4.86. The maximum absolute atomic E-state index is 12.6. The third-order valence-electron chi connectivity index (χ3n) is 4.86. The van der Waals surface area contributed by atoms with Crippen LogP contribution in [0.5, 0.6) is 11.5 Å². The number of rotatable bonds is 2. The third kappa shape index (κ3) is 4.25. The zero-order valence-corrected chi connectivity index (χ0v) is 16.5. The Bertz CT molecular complexity index is 1160. The Balaban J connectivity index is 0.000000265. The van der Waals surface area contributed by atoms with Gasteiger partial charge in [-0.15, -0.1) is 0 Å². The zero-order valence-electron chi connectivity index (χ0n) is 16.5. The molecule has 2 N–H and O–H groups in total. The quantitative estimate of drug-likeness (QED) is 0.535. The number of hydrogen-bond donors (Lipinski definition) is 2. The first-order valence-corrected chi connectivity index (χ1v) is 9.66. The number of phenols is 1. The van der Waals surface area contributed by atoms with Gasteiger partial charge in [0.25, 0.3) is 5.91 Å². The maximum atomic E-state index is 12.6. The van der Waals surface area contributed by atoms with Gasteiger partial charge in [0.1, 0.15) is 17.2 Å². The van der Waals surface area contributed by atoms with Crippen LogP contribution in [-0.2, 0) is 7.05 Å². The van der Waals surface area contributed by atoms with Crippen LogP contribution in [0.25, 0.3) is 10.9 Å². The summed E-state index contributed by atoms with van der Waals surface area (Å²) in [6, 6.07) is 17.9. The topological polar surface area (TPSA) is 89.3 Å². The van der Waals surface area contributed by atoms with Crippen LogP contribution >= 0.6 is 0 Å². The molecule has 30 heavy (non-hydrogen) atoms. The largest absolute Gasteiger partial charge is 0.508 e. The number of aryl methyl sites for hydroxylation is 1. The Labute approximate surface area is 173 Å². The predicted molar refractivity (Wildman–Crippen MR) is 113 cm³/mol. The summed E-state index contributed by atoms with van der Waals surface area (Å²) in [6.07, 6.45) is 4.19. The van der Waals surface area contributed by atoms with E-state index in [0.29, 0.717) is 24.3 Å². The van der Waals surface area contributed by atoms with E-state index in [1.165, 1.54) is 0 Å². The Morgan fingerprint density at radius 2 is 2.00 bits per heavy atom. The van der Waals surface area contributed by atoms with Crippen molar-refractivity contribution < 1.29 is 14.6 Å². The molecule has 1 aliphatic heterocycles. The molecule has 7 nitrogen and oxygen atoms in total. The van der Waals surface area contributed by atoms with Gasteiger partial charge in [-0.25, -0.2) is 0 Å². The molecule has 152 valence electrons. The van der Waals surface area contributed by atoms with E-state index in [2.05, 4.69) is 15.4 Å². The van der Waals surface area contributed by atoms with Crippen LogP contribution in [0.15, 0.2) is 73.1 Å². The molecule has 0 fully saturated rings. The smallest absolute Gasteiger partial charge is 0.251 e. The lowest BCUT2D eigenvalue weighted by Gasteiger charge is -2.25. The number of ether oxygens (including phenoxy) is 1. The molecule has 0 spiro atoms. The van der Waals surface area contributed by atoms with Gasteiger partial charge in [-0.05, 0) is 42.5 Å². The standard InChI is InChI=1S/C17H16N4O2.C6H6O/c1-21-14-5-4-11(9-12(14)10-19-21)17(22)20-13-6-8-23-15-3-2-7-18-16(13)15;7-6-4-2-1-3-5-6/h2-5,7,9-10,13H,6,8H2,1H3,(H,20,22);1-5,7H. The second kappa shape index (κ2) is 8.65. The lowest BCUT2D eigenvalue weighted by molar-refractivity contribution is 0.0923. The first-order valence-electron chi connectivity index (χ1n) is 9.66. The van der Waals surface area contributed by atoms with Crippen LogP contribution in [0.2, 0.25) is 0 Å². The number of pyridine rings is 1. The Morgan fingerprint density at radius 1 is 1.17 bits per heavy atom. The molecule has 0 bridgehead atoms. The number of fused-ring (bicyclic) bond motifs is 2. The molecule has 3 heterocycles. The second-order valence-corrected chi connectivity index (χ2v) is 6.93. The number of hydrogen-bond acceptors (Lipinski definition) is 5. The lowest BCUT2D eigenvalue weighted by atomic mass is 10.1. The number of carbonyl (C=O) groups excluding carboxylic acids is 1. The summed E-state index contributed by atoms with van der Waals surface area (Å²) in [5, 5.41) is 16.8. The molecule has 5 rings (SSSR count). The van der Waals surface area contributed by atoms with Gasteiger partial charge in [0.15, 0.2) is 0 Å². The molecule has 0 saturated carbocycles. The SMILES string of the molecule is Cn1ncc2cc(C(=O)NC3CCOc4cccnc43)ccc21.Oc1ccccc1. The van der Waals surface area contributed by atoms with E-state index >= 15 is 0 Å². The van der Waals surface area contributed by atoms with Crippen LogP contribution in [0.4, 0.5) is 0 Å². The highest BCUT2D eigenvalue weighted by molar-refractivity contribution is 5.98. The summed E-state index contributed by atoms with van der Waals surface area (Å²) >= 11 is 0. The van der Waals surface area contributed by atoms with Gasteiger partial charge in [-0.1, -0.05) is 18.2 Å². The van der Waals surface area contributed by atoms with Gasteiger partial charge in [0, 0.05) is 30.6 Å². The predicted octanol–water partition coefficient (Wildman–Crippen LogP) is 3.61. The highest BCUT2D eigenvalue weighted by Gasteiger charge is 2.24. The number of nitrogens with one attached hydrogen (secondary N) is 1. The Kier molecular flexibility index (Phi) is 5.61. The molecule has 1 unspecified atom stereocenters. The van der Waals surface area contributed by atoms with E-state index in [9.17, 15) is 4.79 Å². The van der Waals surface area contributed by atoms with Crippen LogP contribution in [-0.4, -0.2) is 32.4 Å². The van der Waals surface area contributed by atoms with Crippen molar-refractivity contribution in [2.75, 3.05) is 6.61 Å². The normalized spacial score (nSPS) is 14.8. The average Bonchev–Trinajstić information content (AvgIpc) is 3.15. The van der Waals surface area contributed by atoms with Crippen LogP contribution < -0.4 is 10.1 Å². The summed E-state index contributed by atoms with van der Waals surface area (Å²) in [4.78, 5) is 16.9. The minimum absolute atomic E-state index is 0.112. The minimum atomic E-state index is -0.128. The van der Waals surface area contributed by atoms with E-state index in [0.717, 1.165) is 22.3 Å². The van der Waals surface area contributed by atoms with E-state index in [1.54, 1.807) is 41.3 Å². The fraction of sp³-hybridized carbons (Fsp3) is 0.174. The molecule has 4 aromatic rings. The molecule has 0 aliphatic carbocycles. The van der Waals surface area contributed by atoms with Crippen molar-refractivity contribution in [3.8, 4) is 11.5 Å². The van der Waals surface area contributed by atoms with Gasteiger partial charge in [0.05, 0.1) is 24.4 Å². The Morgan fingerprint density at radius 3 is 2.77 bits per heavy atom. The molecule has 1 aliphatic rings. The van der Waals surface area contributed by atoms with Crippen molar-refractivity contribution >= 4 is 16.8 Å². The van der Waals surface area contributed by atoms with Crippen molar-refractivity contribution in [2.45, 2.75) is 12.5 Å². The van der Waals surface area contributed by atoms with E-state index in [1.807, 2.05) is 43.4 Å². The van der Waals surface area contributed by atoms with Gasteiger partial charge in [-0.3, -0.25) is 14.5 Å². The van der Waals surface area contributed by atoms with Crippen molar-refractivity contribution in [3.05, 3.63) is 84.3 Å². The van der Waals surface area contributed by atoms with E-state index < -0.39 is 0 Å². The lowest BCUT2D eigenvalue weighted by Crippen LogP contribution is -2.32. The highest BCUT2D eigenvalue weighted by atomic mass is 16.5. The molecule has 2 aromatic heterocycles. The van der Waals surface area contributed by atoms with Crippen LogP contribution in [0.3, 0.4) is 0 Å². The number of amides is 1. The molecule has 2 aromatic carbocycles. The Hall–Kier alpha value is -3.87. The summed E-state index contributed by atoms with van der Waals surface area (Å²) in [5.74, 6) is 0.952. The minimum Gasteiger partial charge on any atom is -0.508 e. The van der Waals surface area contributed by atoms with Gasteiger partial charge in [-0.2, -0.15) is 5.10 Å². The second-order valence-electron chi connectivity index (χ2n) is 6.93. The molecule has 0 radical (unpaired) electrons. The highest BCUT2D eigenvalue weighted by Crippen LogP contribution is 2.29. The molecule has 7 heteroatoms. The van der Waals surface area contributed by atoms with Crippen molar-refractivity contribution in [1.29, 1.82) is 0 Å². The van der Waals surface area contributed by atoms with Crippen molar-refractivity contribution in [3.63, 3.8) is 0 Å². The fourth-order valence-corrected chi connectivity index (χ4v) is 3.32. The summed E-state index contributed by atoms with van der Waals surface area (Å²) < 4.78 is 7.36. The van der Waals surface area contributed by atoms with Crippen molar-refractivity contribution in [1.82, 2.24) is 20.1 Å². The molecular formula is C23H22N4O3. The first-order chi connectivity index (χ1) is 14.6. The summed E-state index contributed by atoms with van der Waals surface area (Å²) in [7, 11) is 1.88. The number of aromatic nitrogens is 3. The van der Waals surface area contributed by atoms with E-state index in [-0.39, 0.29) is 11.9 Å². The number of para-hydroxylation sites is 1. The van der Waals surface area contributed by atoms with E-state index in [4.69, 9.17) is 9.84 Å². The average molecular weight is 402 g/mol. The summed E-state index contributed by atoms with van der Waals surface area (Å²) in [5.41, 5.74) is 2.41. The molecule has 1 atom stereocenters. The van der Waals surface area contributed by atoms with Gasteiger partial charge in [0.2, 0.25) is 0 Å². The maximum Gasteiger partial charge on any atom is 0.251 e. The van der Waals surface area contributed by atoms with Gasteiger partial charge >= 0.3 is 0 Å². The van der Waals surface area contributed by atoms with Gasteiger partial charge < -0.3 is 15.2 Å². The number of carbonyl (C=O) groups is 1. The van der Waals surface area contributed by atoms with Crippen LogP contribution in [0, 0.1) is 0 Å². The monoisotopic (exact) mass is 402 g/mol.